The van der Waals surface area contributed by atoms with Gasteiger partial charge < -0.3 is 5.32 Å². The van der Waals surface area contributed by atoms with Gasteiger partial charge in [-0.15, -0.1) is 11.8 Å². The zero-order chi connectivity index (χ0) is 19.9. The lowest BCUT2D eigenvalue weighted by Crippen LogP contribution is -2.32. The number of halogens is 1. The molecule has 0 saturated carbocycles. The zero-order valence-electron chi connectivity index (χ0n) is 15.3. The number of nitrogens with zero attached hydrogens (tertiary/aromatic N) is 1. The van der Waals surface area contributed by atoms with Crippen LogP contribution in [0.4, 0.5) is 5.69 Å². The van der Waals surface area contributed by atoms with E-state index < -0.39 is 10.0 Å². The molecule has 5 nitrogen and oxygen atoms in total. The Hall–Kier alpha value is -1.70. The third-order valence-corrected chi connectivity index (χ3v) is 7.01. The standard InChI is InChI=1S/C19H23ClN2O3S2/c1-3-22(27(24,25)4-2)17-9-5-15(6-10-17)19(23)21-13-14-26-18-11-7-16(20)8-12-18/h5-12H,3-4,13-14H2,1-2H3,(H,21,23). The smallest absolute Gasteiger partial charge is 0.251 e. The van der Waals surface area contributed by atoms with Gasteiger partial charge in [0.1, 0.15) is 0 Å². The van der Waals surface area contributed by atoms with Crippen LogP contribution in [0.5, 0.6) is 0 Å². The average Bonchev–Trinajstić information content (AvgIpc) is 2.67. The molecule has 1 amide bonds. The summed E-state index contributed by atoms with van der Waals surface area (Å²) < 4.78 is 25.5. The molecule has 2 aromatic rings. The lowest BCUT2D eigenvalue weighted by Gasteiger charge is -2.22. The van der Waals surface area contributed by atoms with Crippen LogP contribution >= 0.6 is 23.4 Å². The Morgan fingerprint density at radius 1 is 1.07 bits per heavy atom. The van der Waals surface area contributed by atoms with E-state index in [1.807, 2.05) is 24.3 Å². The number of carbonyl (C=O) groups is 1. The first-order chi connectivity index (χ1) is 12.9. The van der Waals surface area contributed by atoms with E-state index in [4.69, 9.17) is 11.6 Å². The van der Waals surface area contributed by atoms with E-state index in [1.165, 1.54) is 4.31 Å². The number of benzene rings is 2. The lowest BCUT2D eigenvalue weighted by atomic mass is 10.2. The molecule has 1 N–H and O–H groups in total. The van der Waals surface area contributed by atoms with Crippen LogP contribution in [0.3, 0.4) is 0 Å². The Kier molecular flexibility index (Phi) is 8.01. The van der Waals surface area contributed by atoms with Gasteiger partial charge in [0.25, 0.3) is 5.91 Å². The Balaban J connectivity index is 1.88. The van der Waals surface area contributed by atoms with Gasteiger partial charge in [-0.1, -0.05) is 11.6 Å². The van der Waals surface area contributed by atoms with E-state index >= 15 is 0 Å². The second-order valence-electron chi connectivity index (χ2n) is 5.67. The van der Waals surface area contributed by atoms with Gasteiger partial charge >= 0.3 is 0 Å². The average molecular weight is 427 g/mol. The Morgan fingerprint density at radius 2 is 1.70 bits per heavy atom. The van der Waals surface area contributed by atoms with Crippen molar-refractivity contribution in [2.45, 2.75) is 18.7 Å². The number of anilines is 1. The van der Waals surface area contributed by atoms with Gasteiger partial charge in [-0.05, 0) is 62.4 Å². The molecule has 2 aromatic carbocycles. The second kappa shape index (κ2) is 10.0. The highest BCUT2D eigenvalue weighted by atomic mass is 35.5. The number of carbonyl (C=O) groups excluding carboxylic acids is 1. The molecule has 0 aliphatic rings. The molecule has 8 heteroatoms. The van der Waals surface area contributed by atoms with Crippen molar-refractivity contribution in [3.63, 3.8) is 0 Å². The molecular weight excluding hydrogens is 404 g/mol. The molecule has 0 fully saturated rings. The van der Waals surface area contributed by atoms with Gasteiger partial charge in [0, 0.05) is 34.3 Å². The Bertz CT molecular complexity index is 854. The lowest BCUT2D eigenvalue weighted by molar-refractivity contribution is 0.0956. The third kappa shape index (κ3) is 6.16. The van der Waals surface area contributed by atoms with E-state index in [0.717, 1.165) is 10.6 Å². The molecule has 146 valence electrons. The molecule has 2 rings (SSSR count). The topological polar surface area (TPSA) is 66.5 Å². The fourth-order valence-electron chi connectivity index (χ4n) is 2.44. The van der Waals surface area contributed by atoms with Crippen LogP contribution in [0.25, 0.3) is 0 Å². The van der Waals surface area contributed by atoms with Gasteiger partial charge in [0.05, 0.1) is 11.4 Å². The van der Waals surface area contributed by atoms with Crippen molar-refractivity contribution < 1.29 is 13.2 Å². The maximum atomic E-state index is 12.2. The van der Waals surface area contributed by atoms with Crippen LogP contribution in [0.15, 0.2) is 53.4 Å². The number of sulfonamides is 1. The first kappa shape index (κ1) is 21.6. The van der Waals surface area contributed by atoms with Crippen LogP contribution in [-0.2, 0) is 10.0 Å². The molecule has 0 unspecified atom stereocenters. The normalized spacial score (nSPS) is 11.2. The van der Waals surface area contributed by atoms with E-state index in [1.54, 1.807) is 49.9 Å². The molecule has 0 aliphatic carbocycles. The zero-order valence-corrected chi connectivity index (χ0v) is 17.7. The molecule has 0 aromatic heterocycles. The summed E-state index contributed by atoms with van der Waals surface area (Å²) in [5.74, 6) is 0.595. The molecule has 0 spiro atoms. The monoisotopic (exact) mass is 426 g/mol. The second-order valence-corrected chi connectivity index (χ2v) is 9.46. The molecule has 0 saturated heterocycles. The molecule has 0 aliphatic heterocycles. The van der Waals surface area contributed by atoms with Crippen LogP contribution in [-0.4, -0.2) is 38.9 Å². The van der Waals surface area contributed by atoms with Gasteiger partial charge in [0.15, 0.2) is 0 Å². The first-order valence-electron chi connectivity index (χ1n) is 8.64. The Labute approximate surface area is 170 Å². The Morgan fingerprint density at radius 3 is 2.26 bits per heavy atom. The summed E-state index contributed by atoms with van der Waals surface area (Å²) in [6.45, 7) is 4.27. The number of thioether (sulfide) groups is 1. The summed E-state index contributed by atoms with van der Waals surface area (Å²) in [6, 6.07) is 14.2. The van der Waals surface area contributed by atoms with E-state index in [-0.39, 0.29) is 11.7 Å². The quantitative estimate of drug-likeness (QED) is 0.485. The maximum absolute atomic E-state index is 12.2. The van der Waals surface area contributed by atoms with Crippen molar-refractivity contribution in [2.24, 2.45) is 0 Å². The van der Waals surface area contributed by atoms with Crippen LogP contribution in [0.2, 0.25) is 5.02 Å². The highest BCUT2D eigenvalue weighted by Gasteiger charge is 2.18. The molecule has 0 atom stereocenters. The minimum Gasteiger partial charge on any atom is -0.351 e. The number of hydrogen-bond acceptors (Lipinski definition) is 4. The number of nitrogens with one attached hydrogen (secondary N) is 1. The predicted molar refractivity (Wildman–Crippen MR) is 113 cm³/mol. The summed E-state index contributed by atoms with van der Waals surface area (Å²) >= 11 is 7.49. The van der Waals surface area contributed by atoms with Gasteiger partial charge in [-0.25, -0.2) is 8.42 Å². The van der Waals surface area contributed by atoms with Gasteiger partial charge in [0.2, 0.25) is 10.0 Å². The van der Waals surface area contributed by atoms with Crippen molar-refractivity contribution in [1.29, 1.82) is 0 Å². The fourth-order valence-corrected chi connectivity index (χ4v) is 4.48. The highest BCUT2D eigenvalue weighted by molar-refractivity contribution is 7.99. The predicted octanol–water partition coefficient (Wildman–Crippen LogP) is 4.04. The minimum atomic E-state index is -3.32. The van der Waals surface area contributed by atoms with Crippen molar-refractivity contribution >= 4 is 45.0 Å². The SMILES string of the molecule is CCN(c1ccc(C(=O)NCCSc2ccc(Cl)cc2)cc1)S(=O)(=O)CC. The van der Waals surface area contributed by atoms with E-state index in [0.29, 0.717) is 29.4 Å². The van der Waals surface area contributed by atoms with Crippen LogP contribution in [0, 0.1) is 0 Å². The largest absolute Gasteiger partial charge is 0.351 e. The number of rotatable bonds is 9. The highest BCUT2D eigenvalue weighted by Crippen LogP contribution is 2.20. The van der Waals surface area contributed by atoms with Gasteiger partial charge in [-0.2, -0.15) is 0 Å². The minimum absolute atomic E-state index is 0.0361. The summed E-state index contributed by atoms with van der Waals surface area (Å²) in [5.41, 5.74) is 1.06. The maximum Gasteiger partial charge on any atom is 0.251 e. The first-order valence-corrected chi connectivity index (χ1v) is 11.6. The van der Waals surface area contributed by atoms with Crippen molar-refractivity contribution in [3.05, 3.63) is 59.1 Å². The number of amides is 1. The van der Waals surface area contributed by atoms with Crippen LogP contribution < -0.4 is 9.62 Å². The van der Waals surface area contributed by atoms with Crippen molar-refractivity contribution in [3.8, 4) is 0 Å². The summed E-state index contributed by atoms with van der Waals surface area (Å²) in [5, 5.41) is 3.57. The number of hydrogen-bond donors (Lipinski definition) is 1. The summed E-state index contributed by atoms with van der Waals surface area (Å²) in [7, 11) is -3.32. The fraction of sp³-hybridized carbons (Fsp3) is 0.316. The summed E-state index contributed by atoms with van der Waals surface area (Å²) in [4.78, 5) is 13.3. The van der Waals surface area contributed by atoms with Crippen molar-refractivity contribution in [2.75, 3.05) is 28.9 Å². The van der Waals surface area contributed by atoms with E-state index in [2.05, 4.69) is 5.32 Å². The third-order valence-electron chi connectivity index (χ3n) is 3.88. The molecule has 0 bridgehead atoms. The molecule has 27 heavy (non-hydrogen) atoms. The van der Waals surface area contributed by atoms with Crippen LogP contribution in [0.1, 0.15) is 24.2 Å². The van der Waals surface area contributed by atoms with Crippen molar-refractivity contribution in [1.82, 2.24) is 5.32 Å². The molecular formula is C19H23ClN2O3S2. The van der Waals surface area contributed by atoms with Gasteiger partial charge in [-0.3, -0.25) is 9.10 Å². The molecule has 0 radical (unpaired) electrons. The molecule has 0 heterocycles. The van der Waals surface area contributed by atoms with E-state index in [9.17, 15) is 13.2 Å². The summed E-state index contributed by atoms with van der Waals surface area (Å²) in [6.07, 6.45) is 0.